The van der Waals surface area contributed by atoms with Gasteiger partial charge in [0.25, 0.3) is 0 Å². The zero-order chi connectivity index (χ0) is 13.6. The topological polar surface area (TPSA) is 115 Å². The Hall–Kier alpha value is -0.900. The van der Waals surface area contributed by atoms with E-state index in [1.54, 1.807) is 6.92 Å². The molecule has 0 bridgehead atoms. The molecule has 18 heavy (non-hydrogen) atoms. The number of rotatable bonds is 8. The number of aromatic nitrogens is 1. The Kier molecular flexibility index (Phi) is 5.79. The van der Waals surface area contributed by atoms with Gasteiger partial charge in [0.15, 0.2) is 15.7 Å². The molecule has 0 fully saturated rings. The third kappa shape index (κ3) is 3.80. The second kappa shape index (κ2) is 6.88. The van der Waals surface area contributed by atoms with Crippen LogP contribution in [-0.4, -0.2) is 50.0 Å². The highest BCUT2D eigenvalue weighted by atomic mass is 32.2. The molecule has 0 saturated carbocycles. The zero-order valence-electron chi connectivity index (χ0n) is 10.0. The van der Waals surface area contributed by atoms with Crippen molar-refractivity contribution in [3.05, 3.63) is 0 Å². The first kappa shape index (κ1) is 15.2. The van der Waals surface area contributed by atoms with Crippen LogP contribution in [0.4, 0.5) is 10.8 Å². The van der Waals surface area contributed by atoms with Crippen LogP contribution < -0.4 is 11.1 Å². The normalized spacial score (nSPS) is 11.7. The van der Waals surface area contributed by atoms with E-state index in [0.29, 0.717) is 18.2 Å². The van der Waals surface area contributed by atoms with Gasteiger partial charge in [0.1, 0.15) is 9.90 Å². The highest BCUT2D eigenvalue weighted by Gasteiger charge is 2.23. The van der Waals surface area contributed by atoms with Crippen molar-refractivity contribution in [2.24, 2.45) is 0 Å². The number of nitrogens with zero attached hydrogens (tertiary/aromatic N) is 1. The van der Waals surface area contributed by atoms with E-state index in [1.807, 2.05) is 0 Å². The monoisotopic (exact) mass is 295 g/mol. The Morgan fingerprint density at radius 3 is 2.83 bits per heavy atom. The molecule has 1 aromatic heterocycles. The average Bonchev–Trinajstić information content (AvgIpc) is 2.71. The van der Waals surface area contributed by atoms with Crippen LogP contribution in [0.3, 0.4) is 0 Å². The Morgan fingerprint density at radius 2 is 2.22 bits per heavy atom. The lowest BCUT2D eigenvalue weighted by atomic mass is 10.6. The van der Waals surface area contributed by atoms with Crippen molar-refractivity contribution in [3.8, 4) is 0 Å². The van der Waals surface area contributed by atoms with E-state index < -0.39 is 9.84 Å². The highest BCUT2D eigenvalue weighted by molar-refractivity contribution is 7.91. The molecule has 0 aliphatic rings. The van der Waals surface area contributed by atoms with Gasteiger partial charge in [0.2, 0.25) is 0 Å². The summed E-state index contributed by atoms with van der Waals surface area (Å²) in [7, 11) is -3.38. The van der Waals surface area contributed by atoms with Crippen molar-refractivity contribution in [2.45, 2.75) is 11.8 Å². The first-order chi connectivity index (χ1) is 8.53. The quantitative estimate of drug-likeness (QED) is 0.575. The predicted molar refractivity (Wildman–Crippen MR) is 70.6 cm³/mol. The lowest BCUT2D eigenvalue weighted by Crippen LogP contribution is -2.13. The lowest BCUT2D eigenvalue weighted by Gasteiger charge is -2.07. The van der Waals surface area contributed by atoms with Gasteiger partial charge < -0.3 is 20.9 Å². The summed E-state index contributed by atoms with van der Waals surface area (Å²) < 4.78 is 32.5. The van der Waals surface area contributed by atoms with Gasteiger partial charge in [-0.25, -0.2) is 8.42 Å². The number of anilines is 2. The molecule has 1 heterocycles. The third-order valence-electron chi connectivity index (χ3n) is 2.13. The number of hydrogen-bond donors (Lipinski definition) is 3. The summed E-state index contributed by atoms with van der Waals surface area (Å²) in [6.45, 7) is 2.56. The fraction of sp³-hybridized carbons (Fsp3) is 0.667. The molecule has 1 aromatic rings. The maximum Gasteiger partial charge on any atom is 0.184 e. The molecular formula is C9H17N3O4S2. The second-order valence-electron chi connectivity index (χ2n) is 3.39. The van der Waals surface area contributed by atoms with Gasteiger partial charge in [-0.3, -0.25) is 0 Å². The summed E-state index contributed by atoms with van der Waals surface area (Å²) in [5.74, 6) is 0.00584. The van der Waals surface area contributed by atoms with Gasteiger partial charge in [-0.15, -0.1) is 0 Å². The first-order valence-electron chi connectivity index (χ1n) is 5.43. The number of hydrogen-bond acceptors (Lipinski definition) is 8. The van der Waals surface area contributed by atoms with E-state index in [9.17, 15) is 8.42 Å². The van der Waals surface area contributed by atoms with Crippen molar-refractivity contribution in [2.75, 3.05) is 43.2 Å². The van der Waals surface area contributed by atoms with Crippen LogP contribution in [0.15, 0.2) is 4.90 Å². The number of aliphatic hydroxyl groups is 1. The average molecular weight is 295 g/mol. The maximum atomic E-state index is 11.8. The molecular weight excluding hydrogens is 278 g/mol. The van der Waals surface area contributed by atoms with Gasteiger partial charge in [-0.05, 0) is 11.5 Å². The Morgan fingerprint density at radius 1 is 1.50 bits per heavy atom. The van der Waals surface area contributed by atoms with Crippen molar-refractivity contribution in [1.82, 2.24) is 4.37 Å². The van der Waals surface area contributed by atoms with E-state index in [-0.39, 0.29) is 29.7 Å². The first-order valence-corrected chi connectivity index (χ1v) is 7.86. The molecule has 0 amide bonds. The molecule has 0 aromatic carbocycles. The molecule has 0 aliphatic carbocycles. The molecule has 7 nitrogen and oxygen atoms in total. The summed E-state index contributed by atoms with van der Waals surface area (Å²) in [5, 5.41) is 11.9. The minimum Gasteiger partial charge on any atom is -0.394 e. The van der Waals surface area contributed by atoms with E-state index in [1.165, 1.54) is 0 Å². The Balaban J connectivity index is 2.67. The van der Waals surface area contributed by atoms with Crippen molar-refractivity contribution in [3.63, 3.8) is 0 Å². The molecule has 9 heteroatoms. The summed E-state index contributed by atoms with van der Waals surface area (Å²) in [4.78, 5) is 0.0668. The van der Waals surface area contributed by atoms with E-state index in [4.69, 9.17) is 15.6 Å². The van der Waals surface area contributed by atoms with Gasteiger partial charge >= 0.3 is 0 Å². The Labute approximate surface area is 110 Å². The van der Waals surface area contributed by atoms with Crippen LogP contribution in [-0.2, 0) is 14.6 Å². The predicted octanol–water partition coefficient (Wildman–Crippen LogP) is -0.0603. The number of sulfone groups is 1. The van der Waals surface area contributed by atoms with Gasteiger partial charge in [-0.1, -0.05) is 6.92 Å². The summed E-state index contributed by atoms with van der Waals surface area (Å²) in [6.07, 6.45) is 0. The molecule has 4 N–H and O–H groups in total. The molecule has 0 spiro atoms. The van der Waals surface area contributed by atoms with Crippen LogP contribution in [0.2, 0.25) is 0 Å². The van der Waals surface area contributed by atoms with E-state index >= 15 is 0 Å². The standard InChI is InChI=1S/C9H17N3O4S2/c1-2-18(14,15)7-8(10)12-17-9(7)11-3-5-16-6-4-13/h11,13H,2-6H2,1H3,(H2,10,12). The maximum absolute atomic E-state index is 11.8. The van der Waals surface area contributed by atoms with Crippen LogP contribution in [0.25, 0.3) is 0 Å². The SMILES string of the molecule is CCS(=O)(=O)c1c(N)nsc1NCCOCCO. The zero-order valence-corrected chi connectivity index (χ0v) is 11.7. The number of nitrogens with two attached hydrogens (primary N) is 1. The Bertz CT molecular complexity index is 472. The fourth-order valence-electron chi connectivity index (χ4n) is 1.25. The molecule has 104 valence electrons. The van der Waals surface area contributed by atoms with Crippen LogP contribution >= 0.6 is 11.5 Å². The van der Waals surface area contributed by atoms with Gasteiger partial charge in [0.05, 0.1) is 25.6 Å². The van der Waals surface area contributed by atoms with E-state index in [0.717, 1.165) is 11.5 Å². The number of nitrogens with one attached hydrogen (secondary N) is 1. The number of nitrogen functional groups attached to an aromatic ring is 1. The number of ether oxygens (including phenoxy) is 1. The lowest BCUT2D eigenvalue weighted by molar-refractivity contribution is 0.0992. The van der Waals surface area contributed by atoms with Crippen LogP contribution in [0.1, 0.15) is 6.92 Å². The molecule has 0 atom stereocenters. The summed E-state index contributed by atoms with van der Waals surface area (Å²) >= 11 is 1.01. The van der Waals surface area contributed by atoms with Gasteiger partial charge in [0, 0.05) is 6.54 Å². The van der Waals surface area contributed by atoms with Crippen molar-refractivity contribution >= 4 is 32.2 Å². The van der Waals surface area contributed by atoms with Crippen molar-refractivity contribution in [1.29, 1.82) is 0 Å². The third-order valence-corrected chi connectivity index (χ3v) is 4.88. The number of aliphatic hydroxyl groups excluding tert-OH is 1. The minimum atomic E-state index is -3.38. The van der Waals surface area contributed by atoms with E-state index in [2.05, 4.69) is 9.69 Å². The highest BCUT2D eigenvalue weighted by Crippen LogP contribution is 2.31. The molecule has 0 saturated heterocycles. The smallest absolute Gasteiger partial charge is 0.184 e. The molecule has 0 radical (unpaired) electrons. The molecule has 1 rings (SSSR count). The molecule has 0 aliphatic heterocycles. The van der Waals surface area contributed by atoms with Crippen molar-refractivity contribution < 1.29 is 18.3 Å². The summed E-state index contributed by atoms with van der Waals surface area (Å²) in [6, 6.07) is 0. The van der Waals surface area contributed by atoms with Crippen LogP contribution in [0.5, 0.6) is 0 Å². The minimum absolute atomic E-state index is 0.0225. The van der Waals surface area contributed by atoms with Gasteiger partial charge in [-0.2, -0.15) is 4.37 Å². The fourth-order valence-corrected chi connectivity index (χ4v) is 3.45. The molecule has 0 unspecified atom stereocenters. The summed E-state index contributed by atoms with van der Waals surface area (Å²) in [5.41, 5.74) is 5.57. The largest absolute Gasteiger partial charge is 0.394 e. The van der Waals surface area contributed by atoms with Crippen LogP contribution in [0, 0.1) is 0 Å². The second-order valence-corrected chi connectivity index (χ2v) is 6.38.